The van der Waals surface area contributed by atoms with E-state index < -0.39 is 0 Å². The van der Waals surface area contributed by atoms with Gasteiger partial charge in [0.05, 0.1) is 16.6 Å². The van der Waals surface area contributed by atoms with Crippen molar-refractivity contribution in [2.75, 3.05) is 13.2 Å². The Bertz CT molecular complexity index is 811. The number of ether oxygens (including phenoxy) is 1. The van der Waals surface area contributed by atoms with E-state index >= 15 is 0 Å². The van der Waals surface area contributed by atoms with Crippen LogP contribution >= 0.6 is 12.4 Å². The lowest BCUT2D eigenvalue weighted by Crippen LogP contribution is -2.28. The molecular formula is C18H20ClN3O2. The third kappa shape index (κ3) is 3.18. The van der Waals surface area contributed by atoms with Gasteiger partial charge in [0, 0.05) is 6.04 Å². The zero-order valence-electron chi connectivity index (χ0n) is 13.2. The molecule has 1 atom stereocenters. The Kier molecular flexibility index (Phi) is 4.92. The molecule has 0 amide bonds. The average Bonchev–Trinajstić information content (AvgIpc) is 3.22. The van der Waals surface area contributed by atoms with Gasteiger partial charge < -0.3 is 15.2 Å². The Hall–Kier alpha value is -2.24. The van der Waals surface area contributed by atoms with Crippen molar-refractivity contribution >= 4 is 23.3 Å². The predicted molar refractivity (Wildman–Crippen MR) is 96.5 cm³/mol. The van der Waals surface area contributed by atoms with E-state index in [0.717, 1.165) is 28.9 Å². The molecule has 0 bridgehead atoms. The second-order valence-electron chi connectivity index (χ2n) is 5.85. The number of benzene rings is 2. The molecule has 0 spiro atoms. The zero-order valence-corrected chi connectivity index (χ0v) is 14.0. The largest absolute Gasteiger partial charge is 0.493 e. The number of rotatable bonds is 4. The first-order valence-electron chi connectivity index (χ1n) is 7.94. The highest BCUT2D eigenvalue weighted by molar-refractivity contribution is 5.85. The summed E-state index contributed by atoms with van der Waals surface area (Å²) in [7, 11) is 0. The molecule has 2 aromatic carbocycles. The molecule has 126 valence electrons. The number of nitrogens with one attached hydrogen (secondary N) is 1. The van der Waals surface area contributed by atoms with Crippen LogP contribution in [0, 0.1) is 0 Å². The monoisotopic (exact) mass is 345 g/mol. The fourth-order valence-corrected chi connectivity index (χ4v) is 2.98. The summed E-state index contributed by atoms with van der Waals surface area (Å²) in [5, 5.41) is 18.9. The van der Waals surface area contributed by atoms with Gasteiger partial charge in [-0.2, -0.15) is 5.10 Å². The molecule has 5 nitrogen and oxygen atoms in total. The Balaban J connectivity index is 0.00000169. The normalized spacial score (nSPS) is 16.9. The van der Waals surface area contributed by atoms with E-state index in [1.54, 1.807) is 4.68 Å². The molecule has 0 unspecified atom stereocenters. The first-order valence-corrected chi connectivity index (χ1v) is 7.94. The van der Waals surface area contributed by atoms with Crippen LogP contribution in [0.5, 0.6) is 11.6 Å². The van der Waals surface area contributed by atoms with Gasteiger partial charge in [-0.05, 0) is 55.8 Å². The van der Waals surface area contributed by atoms with E-state index in [1.165, 1.54) is 12.8 Å². The summed E-state index contributed by atoms with van der Waals surface area (Å²) < 4.78 is 7.36. The van der Waals surface area contributed by atoms with Crippen molar-refractivity contribution in [1.82, 2.24) is 15.1 Å². The van der Waals surface area contributed by atoms with Crippen molar-refractivity contribution in [3.8, 4) is 17.3 Å². The van der Waals surface area contributed by atoms with Crippen LogP contribution in [0.3, 0.4) is 0 Å². The van der Waals surface area contributed by atoms with Crippen LogP contribution in [0.25, 0.3) is 16.6 Å². The highest BCUT2D eigenvalue weighted by Crippen LogP contribution is 2.27. The molecule has 3 aromatic rings. The minimum absolute atomic E-state index is 0. The maximum absolute atomic E-state index is 10.3. The Labute approximate surface area is 146 Å². The fourth-order valence-electron chi connectivity index (χ4n) is 2.98. The van der Waals surface area contributed by atoms with Gasteiger partial charge in [0.25, 0.3) is 0 Å². The average molecular weight is 346 g/mol. The summed E-state index contributed by atoms with van der Waals surface area (Å²) in [5.74, 6) is 0.989. The molecule has 24 heavy (non-hydrogen) atoms. The van der Waals surface area contributed by atoms with E-state index in [4.69, 9.17) is 4.74 Å². The van der Waals surface area contributed by atoms with Crippen LogP contribution < -0.4 is 10.1 Å². The van der Waals surface area contributed by atoms with Crippen molar-refractivity contribution in [1.29, 1.82) is 0 Å². The SMILES string of the molecule is Cl.Oc1c2ccccc2nn1-c1ccc(OC[C@H]2CCCN2)cc1. The second kappa shape index (κ2) is 7.11. The van der Waals surface area contributed by atoms with Crippen LogP contribution in [0.1, 0.15) is 12.8 Å². The molecule has 1 saturated heterocycles. The van der Waals surface area contributed by atoms with Crippen LogP contribution in [-0.2, 0) is 0 Å². The molecule has 0 saturated carbocycles. The molecule has 1 aromatic heterocycles. The first kappa shape index (κ1) is 16.6. The van der Waals surface area contributed by atoms with Crippen molar-refractivity contribution in [3.63, 3.8) is 0 Å². The third-order valence-corrected chi connectivity index (χ3v) is 4.25. The molecule has 0 aliphatic carbocycles. The Morgan fingerprint density at radius 2 is 1.96 bits per heavy atom. The topological polar surface area (TPSA) is 59.3 Å². The number of aromatic nitrogens is 2. The van der Waals surface area contributed by atoms with Gasteiger partial charge in [0.1, 0.15) is 12.4 Å². The maximum atomic E-state index is 10.3. The summed E-state index contributed by atoms with van der Waals surface area (Å²) in [6.07, 6.45) is 2.39. The fraction of sp³-hybridized carbons (Fsp3) is 0.278. The highest BCUT2D eigenvalue weighted by atomic mass is 35.5. The lowest BCUT2D eigenvalue weighted by Gasteiger charge is -2.12. The molecule has 2 heterocycles. The number of fused-ring (bicyclic) bond motifs is 1. The molecule has 1 aliphatic heterocycles. The third-order valence-electron chi connectivity index (χ3n) is 4.25. The number of hydrogen-bond acceptors (Lipinski definition) is 4. The number of halogens is 1. The Morgan fingerprint density at radius 3 is 2.67 bits per heavy atom. The number of nitrogens with zero attached hydrogens (tertiary/aromatic N) is 2. The quantitative estimate of drug-likeness (QED) is 0.761. The summed E-state index contributed by atoms with van der Waals surface area (Å²) in [5.41, 5.74) is 1.59. The van der Waals surface area contributed by atoms with E-state index in [0.29, 0.717) is 12.6 Å². The van der Waals surface area contributed by atoms with Crippen molar-refractivity contribution in [3.05, 3.63) is 48.5 Å². The molecule has 2 N–H and O–H groups in total. The van der Waals surface area contributed by atoms with Crippen molar-refractivity contribution < 1.29 is 9.84 Å². The van der Waals surface area contributed by atoms with Crippen molar-refractivity contribution in [2.45, 2.75) is 18.9 Å². The van der Waals surface area contributed by atoms with E-state index in [2.05, 4.69) is 10.4 Å². The minimum atomic E-state index is 0. The molecule has 6 heteroatoms. The standard InChI is InChI=1S/C18H19N3O2.ClH/c22-18-16-5-1-2-6-17(16)20-21(18)14-7-9-15(10-8-14)23-12-13-4-3-11-19-13;/h1-2,5-10,13,19,22H,3-4,11-12H2;1H/t13-;/m1./s1. The molecular weight excluding hydrogens is 326 g/mol. The molecule has 1 aliphatic rings. The maximum Gasteiger partial charge on any atom is 0.222 e. The van der Waals surface area contributed by atoms with Gasteiger partial charge in [0.15, 0.2) is 0 Å². The lowest BCUT2D eigenvalue weighted by atomic mass is 10.2. The number of hydrogen-bond donors (Lipinski definition) is 2. The van der Waals surface area contributed by atoms with Gasteiger partial charge in [-0.3, -0.25) is 0 Å². The number of aromatic hydroxyl groups is 1. The minimum Gasteiger partial charge on any atom is -0.493 e. The summed E-state index contributed by atoms with van der Waals surface area (Å²) in [6, 6.07) is 15.6. The van der Waals surface area contributed by atoms with Crippen LogP contribution in [0.15, 0.2) is 48.5 Å². The highest BCUT2D eigenvalue weighted by Gasteiger charge is 2.15. The zero-order chi connectivity index (χ0) is 15.6. The van der Waals surface area contributed by atoms with Crippen LogP contribution in [-0.4, -0.2) is 34.1 Å². The van der Waals surface area contributed by atoms with Gasteiger partial charge in [0.2, 0.25) is 5.88 Å². The van der Waals surface area contributed by atoms with Crippen molar-refractivity contribution in [2.24, 2.45) is 0 Å². The molecule has 4 rings (SSSR count). The predicted octanol–water partition coefficient (Wildman–Crippen LogP) is 3.28. The smallest absolute Gasteiger partial charge is 0.222 e. The second-order valence-corrected chi connectivity index (χ2v) is 5.85. The van der Waals surface area contributed by atoms with E-state index in [-0.39, 0.29) is 18.3 Å². The first-order chi connectivity index (χ1) is 11.3. The summed E-state index contributed by atoms with van der Waals surface area (Å²) >= 11 is 0. The summed E-state index contributed by atoms with van der Waals surface area (Å²) in [4.78, 5) is 0. The summed E-state index contributed by atoms with van der Waals surface area (Å²) in [6.45, 7) is 1.77. The Morgan fingerprint density at radius 1 is 1.17 bits per heavy atom. The lowest BCUT2D eigenvalue weighted by molar-refractivity contribution is 0.277. The van der Waals surface area contributed by atoms with Gasteiger partial charge >= 0.3 is 0 Å². The molecule has 0 radical (unpaired) electrons. The van der Waals surface area contributed by atoms with Crippen LogP contribution in [0.4, 0.5) is 0 Å². The molecule has 1 fully saturated rings. The van der Waals surface area contributed by atoms with Gasteiger partial charge in [-0.25, -0.2) is 4.68 Å². The van der Waals surface area contributed by atoms with Crippen LogP contribution in [0.2, 0.25) is 0 Å². The van der Waals surface area contributed by atoms with Gasteiger partial charge in [-0.1, -0.05) is 12.1 Å². The van der Waals surface area contributed by atoms with E-state index in [9.17, 15) is 5.11 Å². The van der Waals surface area contributed by atoms with E-state index in [1.807, 2.05) is 48.5 Å². The van der Waals surface area contributed by atoms with Gasteiger partial charge in [-0.15, -0.1) is 12.4 Å².